The fraction of sp³-hybridized carbons (Fsp3) is 0.720. The van der Waals surface area contributed by atoms with E-state index in [2.05, 4.69) is 33.8 Å². The van der Waals surface area contributed by atoms with Crippen LogP contribution in [0.3, 0.4) is 0 Å². The highest BCUT2D eigenvalue weighted by Crippen LogP contribution is 2.62. The minimum Gasteiger partial charge on any atom is -0.388 e. The molecule has 0 aromatic carbocycles. The monoisotopic (exact) mass is 432 g/mol. The van der Waals surface area contributed by atoms with Crippen molar-refractivity contribution in [1.29, 1.82) is 0 Å². The molecule has 0 bridgehead atoms. The minimum absolute atomic E-state index is 0.105. The molecule has 0 spiro atoms. The van der Waals surface area contributed by atoms with Crippen molar-refractivity contribution in [3.63, 3.8) is 0 Å². The Labute approximate surface area is 184 Å². The molecule has 0 radical (unpaired) electrons. The molecule has 0 unspecified atom stereocenters. The summed E-state index contributed by atoms with van der Waals surface area (Å²) in [6.45, 7) is 8.93. The first-order valence-electron chi connectivity index (χ1n) is 11.5. The van der Waals surface area contributed by atoms with Gasteiger partial charge in [0.25, 0.3) is 0 Å². The molecule has 3 aliphatic carbocycles. The van der Waals surface area contributed by atoms with Gasteiger partial charge in [-0.2, -0.15) is 0 Å². The molecule has 31 heavy (non-hydrogen) atoms. The van der Waals surface area contributed by atoms with E-state index < -0.39 is 30.7 Å². The van der Waals surface area contributed by atoms with E-state index in [1.165, 1.54) is 16.7 Å². The molecule has 7 atom stereocenters. The van der Waals surface area contributed by atoms with Gasteiger partial charge in [0, 0.05) is 11.8 Å². The topological polar surface area (TPSA) is 96.2 Å². The number of aldehydes is 1. The van der Waals surface area contributed by atoms with E-state index in [1.807, 2.05) is 6.08 Å². The summed E-state index contributed by atoms with van der Waals surface area (Å²) in [5.74, 6) is 0.456. The van der Waals surface area contributed by atoms with Gasteiger partial charge in [-0.1, -0.05) is 45.4 Å². The van der Waals surface area contributed by atoms with Gasteiger partial charge >= 0.3 is 0 Å². The van der Waals surface area contributed by atoms with Crippen LogP contribution in [-0.4, -0.2) is 58.9 Å². The van der Waals surface area contributed by atoms with Gasteiger partial charge in [0.2, 0.25) is 0 Å². The summed E-state index contributed by atoms with van der Waals surface area (Å²) in [4.78, 5) is 11.8. The Morgan fingerprint density at radius 2 is 1.87 bits per heavy atom. The standard InChI is InChI=1S/C25H36O6/c1-14(2)16-7-8-24(3)9-10-25(4)17(20(16)24)6-5-15(12-26)11-19(25)31-23-22(29)21(28)18(27)13-30-23/h5-6,12,14,18-19,21-23,27-29H,7-11,13H2,1-4H3/t18-,19+,21+,22-,23+,24-,25+/m1/s1. The quantitative estimate of drug-likeness (QED) is 0.591. The number of carbonyl (C=O) groups is 1. The van der Waals surface area contributed by atoms with Crippen LogP contribution in [0.15, 0.2) is 34.4 Å². The third-order valence-electron chi connectivity index (χ3n) is 8.15. The Morgan fingerprint density at radius 3 is 2.55 bits per heavy atom. The molecule has 1 saturated heterocycles. The summed E-state index contributed by atoms with van der Waals surface area (Å²) in [6.07, 6.45) is 4.23. The first-order valence-corrected chi connectivity index (χ1v) is 11.5. The molecule has 1 heterocycles. The maximum absolute atomic E-state index is 11.8. The number of carbonyl (C=O) groups excluding carboxylic acids is 1. The number of allylic oxidation sites excluding steroid dienone is 4. The molecule has 0 aromatic heterocycles. The average molecular weight is 433 g/mol. The van der Waals surface area contributed by atoms with Gasteiger partial charge in [-0.05, 0) is 53.7 Å². The van der Waals surface area contributed by atoms with Gasteiger partial charge in [0.1, 0.15) is 24.6 Å². The first kappa shape index (κ1) is 22.9. The third kappa shape index (κ3) is 3.76. The molecular weight excluding hydrogens is 396 g/mol. The second-order valence-corrected chi connectivity index (χ2v) is 10.6. The van der Waals surface area contributed by atoms with E-state index in [-0.39, 0.29) is 17.4 Å². The highest BCUT2D eigenvalue weighted by atomic mass is 16.7. The molecule has 4 aliphatic rings. The molecule has 3 N–H and O–H groups in total. The fourth-order valence-electron chi connectivity index (χ4n) is 5.98. The van der Waals surface area contributed by atoms with Gasteiger partial charge in [-0.3, -0.25) is 4.79 Å². The van der Waals surface area contributed by atoms with Crippen LogP contribution >= 0.6 is 0 Å². The van der Waals surface area contributed by atoms with Crippen LogP contribution in [-0.2, 0) is 14.3 Å². The lowest BCUT2D eigenvalue weighted by atomic mass is 9.57. The van der Waals surface area contributed by atoms with Gasteiger partial charge < -0.3 is 24.8 Å². The van der Waals surface area contributed by atoms with Crippen molar-refractivity contribution < 1.29 is 29.6 Å². The van der Waals surface area contributed by atoms with Crippen LogP contribution < -0.4 is 0 Å². The van der Waals surface area contributed by atoms with E-state index in [9.17, 15) is 20.1 Å². The zero-order chi connectivity index (χ0) is 22.6. The summed E-state index contributed by atoms with van der Waals surface area (Å²) in [6, 6.07) is 0. The summed E-state index contributed by atoms with van der Waals surface area (Å²) < 4.78 is 11.9. The van der Waals surface area contributed by atoms with Crippen LogP contribution in [0.25, 0.3) is 0 Å². The van der Waals surface area contributed by atoms with Crippen LogP contribution in [0.1, 0.15) is 59.8 Å². The molecule has 0 amide bonds. The molecule has 2 fully saturated rings. The Kier molecular flexibility index (Phi) is 6.07. The maximum Gasteiger partial charge on any atom is 0.186 e. The number of aliphatic hydroxyl groups excluding tert-OH is 3. The zero-order valence-electron chi connectivity index (χ0n) is 19.0. The second kappa shape index (κ2) is 8.23. The van der Waals surface area contributed by atoms with Crippen molar-refractivity contribution in [2.45, 2.75) is 90.5 Å². The van der Waals surface area contributed by atoms with Crippen molar-refractivity contribution in [3.8, 4) is 0 Å². The van der Waals surface area contributed by atoms with Crippen LogP contribution in [0.4, 0.5) is 0 Å². The number of hydrogen-bond acceptors (Lipinski definition) is 6. The third-order valence-corrected chi connectivity index (χ3v) is 8.15. The SMILES string of the molecule is CC(C)C1=C2C3=CC=C(C=O)C[C@H](O[C@@H]4OC[C@@H](O)[C@H](O)[C@H]4O)[C@@]3(C)CC[C@@]2(C)CC1. The lowest BCUT2D eigenvalue weighted by Gasteiger charge is -2.50. The number of rotatable bonds is 4. The lowest BCUT2D eigenvalue weighted by Crippen LogP contribution is -2.56. The van der Waals surface area contributed by atoms with Crippen molar-refractivity contribution in [3.05, 3.63) is 34.4 Å². The normalized spacial score (nSPS) is 43.2. The van der Waals surface area contributed by atoms with Crippen LogP contribution in [0, 0.1) is 16.7 Å². The summed E-state index contributed by atoms with van der Waals surface area (Å²) in [7, 11) is 0. The summed E-state index contributed by atoms with van der Waals surface area (Å²) >= 11 is 0. The first-order chi connectivity index (χ1) is 14.6. The molecule has 1 saturated carbocycles. The predicted molar refractivity (Wildman–Crippen MR) is 116 cm³/mol. The molecule has 0 aromatic rings. The largest absolute Gasteiger partial charge is 0.388 e. The van der Waals surface area contributed by atoms with Gasteiger partial charge in [-0.15, -0.1) is 0 Å². The van der Waals surface area contributed by atoms with E-state index in [0.717, 1.165) is 32.0 Å². The van der Waals surface area contributed by atoms with Crippen molar-refractivity contribution in [2.24, 2.45) is 16.7 Å². The number of ether oxygens (including phenoxy) is 2. The fourth-order valence-corrected chi connectivity index (χ4v) is 5.98. The van der Waals surface area contributed by atoms with Gasteiger partial charge in [0.15, 0.2) is 6.29 Å². The second-order valence-electron chi connectivity index (χ2n) is 10.6. The highest BCUT2D eigenvalue weighted by molar-refractivity contribution is 5.74. The maximum atomic E-state index is 11.8. The van der Waals surface area contributed by atoms with Crippen molar-refractivity contribution in [1.82, 2.24) is 0 Å². The Hall–Kier alpha value is -1.31. The highest BCUT2D eigenvalue weighted by Gasteiger charge is 2.53. The molecule has 1 aliphatic heterocycles. The molecular formula is C25H36O6. The number of hydrogen-bond donors (Lipinski definition) is 3. The molecule has 6 heteroatoms. The minimum atomic E-state index is -1.35. The predicted octanol–water partition coefficient (Wildman–Crippen LogP) is 2.82. The van der Waals surface area contributed by atoms with E-state index in [0.29, 0.717) is 17.9 Å². The average Bonchev–Trinajstić information content (AvgIpc) is 3.02. The van der Waals surface area contributed by atoms with E-state index >= 15 is 0 Å². The molecule has 6 nitrogen and oxygen atoms in total. The van der Waals surface area contributed by atoms with Crippen molar-refractivity contribution in [2.75, 3.05) is 6.61 Å². The number of aliphatic hydroxyl groups is 3. The van der Waals surface area contributed by atoms with Crippen LogP contribution in [0.5, 0.6) is 0 Å². The van der Waals surface area contributed by atoms with Crippen LogP contribution in [0.2, 0.25) is 0 Å². The van der Waals surface area contributed by atoms with Crippen molar-refractivity contribution >= 4 is 6.29 Å². The van der Waals surface area contributed by atoms with Gasteiger partial charge in [-0.25, -0.2) is 0 Å². The Bertz CT molecular complexity index is 826. The number of fused-ring (bicyclic) bond motifs is 3. The summed E-state index contributed by atoms with van der Waals surface area (Å²) in [5, 5.41) is 30.3. The smallest absolute Gasteiger partial charge is 0.186 e. The molecule has 4 rings (SSSR count). The Morgan fingerprint density at radius 1 is 1.13 bits per heavy atom. The lowest BCUT2D eigenvalue weighted by molar-refractivity contribution is -0.291. The van der Waals surface area contributed by atoms with Gasteiger partial charge in [0.05, 0.1) is 12.7 Å². The Balaban J connectivity index is 1.73. The van der Waals surface area contributed by atoms with E-state index in [1.54, 1.807) is 0 Å². The zero-order valence-corrected chi connectivity index (χ0v) is 19.0. The van der Waals surface area contributed by atoms with E-state index in [4.69, 9.17) is 9.47 Å². The molecule has 172 valence electrons. The summed E-state index contributed by atoms with van der Waals surface area (Å²) in [5.41, 5.74) is 4.57.